The molecule has 1 unspecified atom stereocenters. The quantitative estimate of drug-likeness (QED) is 0.809. The van der Waals surface area contributed by atoms with Crippen LogP contribution >= 0.6 is 24.2 Å². The molecular weight excluding hydrogens is 304 g/mol. The maximum atomic E-state index is 5.46. The van der Waals surface area contributed by atoms with Crippen molar-refractivity contribution in [3.63, 3.8) is 0 Å². The first-order valence-corrected chi connectivity index (χ1v) is 8.39. The van der Waals surface area contributed by atoms with Crippen LogP contribution in [0.25, 0.3) is 0 Å². The lowest BCUT2D eigenvalue weighted by Crippen LogP contribution is -2.34. The molecule has 0 saturated carbocycles. The third kappa shape index (κ3) is 5.06. The van der Waals surface area contributed by atoms with Crippen LogP contribution in [-0.4, -0.2) is 44.9 Å². The molecule has 1 heterocycles. The van der Waals surface area contributed by atoms with Crippen LogP contribution in [0.4, 0.5) is 0 Å². The van der Waals surface area contributed by atoms with Crippen LogP contribution < -0.4 is 10.1 Å². The minimum atomic E-state index is 0. The van der Waals surface area contributed by atoms with Crippen LogP contribution in [0.3, 0.4) is 0 Å². The number of nitrogens with one attached hydrogen (secondary N) is 1. The summed E-state index contributed by atoms with van der Waals surface area (Å²) in [5.74, 6) is 0.983. The second-order valence-electron chi connectivity index (χ2n) is 6.10. The molecule has 1 aromatic rings. The van der Waals surface area contributed by atoms with E-state index in [4.69, 9.17) is 4.74 Å². The van der Waals surface area contributed by atoms with E-state index in [2.05, 4.69) is 48.6 Å². The Morgan fingerprint density at radius 3 is 2.76 bits per heavy atom. The molecule has 1 saturated heterocycles. The Morgan fingerprint density at radius 2 is 2.19 bits per heavy atom. The van der Waals surface area contributed by atoms with Gasteiger partial charge in [-0.1, -0.05) is 13.0 Å². The summed E-state index contributed by atoms with van der Waals surface area (Å²) in [5.41, 5.74) is 1.73. The average molecular weight is 331 g/mol. The zero-order valence-corrected chi connectivity index (χ0v) is 15.1. The molecule has 21 heavy (non-hydrogen) atoms. The number of thioether (sulfide) groups is 1. The molecule has 0 aromatic heterocycles. The smallest absolute Gasteiger partial charge is 0.132 e. The summed E-state index contributed by atoms with van der Waals surface area (Å²) in [4.78, 5) is 3.62. The summed E-state index contributed by atoms with van der Waals surface area (Å²) >= 11 is 1.73. The van der Waals surface area contributed by atoms with Crippen molar-refractivity contribution >= 4 is 24.2 Å². The molecule has 0 spiro atoms. The standard InChI is InChI=1S/C16H26N2OS.ClH/c1-16(7-8-17-11-16)12-18(2)10-13-5-6-15(20-4)14(9-13)19-3;/h5-6,9,17H,7-8,10-12H2,1-4H3;1H. The van der Waals surface area contributed by atoms with E-state index in [1.165, 1.54) is 16.9 Å². The Hall–Kier alpha value is -0.420. The third-order valence-electron chi connectivity index (χ3n) is 4.01. The van der Waals surface area contributed by atoms with Crippen molar-refractivity contribution in [2.24, 2.45) is 5.41 Å². The molecule has 1 aliphatic rings. The SMILES string of the molecule is COc1cc(CN(C)CC2(C)CCNC2)ccc1SC.Cl. The number of rotatable bonds is 6. The van der Waals surface area contributed by atoms with Crippen molar-refractivity contribution < 1.29 is 4.74 Å². The lowest BCUT2D eigenvalue weighted by molar-refractivity contribution is 0.203. The summed E-state index contributed by atoms with van der Waals surface area (Å²) in [6.45, 7) is 6.76. The summed E-state index contributed by atoms with van der Waals surface area (Å²) < 4.78 is 5.46. The fourth-order valence-electron chi connectivity index (χ4n) is 3.00. The second kappa shape index (κ2) is 8.28. The van der Waals surface area contributed by atoms with Gasteiger partial charge in [0.2, 0.25) is 0 Å². The maximum absolute atomic E-state index is 5.46. The van der Waals surface area contributed by atoms with Crippen molar-refractivity contribution in [1.29, 1.82) is 0 Å². The molecule has 120 valence electrons. The average Bonchev–Trinajstić information content (AvgIpc) is 2.84. The molecule has 1 N–H and O–H groups in total. The van der Waals surface area contributed by atoms with E-state index in [0.717, 1.165) is 31.9 Å². The Bertz CT molecular complexity index is 450. The van der Waals surface area contributed by atoms with Crippen LogP contribution in [0.15, 0.2) is 23.1 Å². The number of hydrogen-bond donors (Lipinski definition) is 1. The van der Waals surface area contributed by atoms with Gasteiger partial charge in [0, 0.05) is 24.5 Å². The molecule has 1 aromatic carbocycles. The Balaban J connectivity index is 0.00000220. The van der Waals surface area contributed by atoms with Crippen LogP contribution in [0.2, 0.25) is 0 Å². The van der Waals surface area contributed by atoms with E-state index >= 15 is 0 Å². The van der Waals surface area contributed by atoms with E-state index in [0.29, 0.717) is 5.41 Å². The van der Waals surface area contributed by atoms with Gasteiger partial charge in [-0.15, -0.1) is 24.2 Å². The molecule has 2 rings (SSSR count). The molecule has 1 atom stereocenters. The van der Waals surface area contributed by atoms with Crippen molar-refractivity contribution in [1.82, 2.24) is 10.2 Å². The summed E-state index contributed by atoms with van der Waals surface area (Å²) in [6, 6.07) is 6.53. The molecule has 0 aliphatic carbocycles. The highest BCUT2D eigenvalue weighted by atomic mass is 35.5. The number of benzene rings is 1. The second-order valence-corrected chi connectivity index (χ2v) is 6.95. The molecule has 0 amide bonds. The number of halogens is 1. The fourth-order valence-corrected chi connectivity index (χ4v) is 3.55. The van der Waals surface area contributed by atoms with Crippen molar-refractivity contribution in [2.75, 3.05) is 40.0 Å². The van der Waals surface area contributed by atoms with E-state index in [-0.39, 0.29) is 12.4 Å². The highest BCUT2D eigenvalue weighted by Crippen LogP contribution is 2.29. The molecule has 0 bridgehead atoms. The molecule has 3 nitrogen and oxygen atoms in total. The lowest BCUT2D eigenvalue weighted by Gasteiger charge is -2.29. The first-order chi connectivity index (χ1) is 9.56. The van der Waals surface area contributed by atoms with E-state index in [1.807, 2.05) is 0 Å². The highest BCUT2D eigenvalue weighted by molar-refractivity contribution is 7.98. The van der Waals surface area contributed by atoms with Crippen LogP contribution in [0.1, 0.15) is 18.9 Å². The fraction of sp³-hybridized carbons (Fsp3) is 0.625. The lowest BCUT2D eigenvalue weighted by atomic mass is 9.89. The summed E-state index contributed by atoms with van der Waals surface area (Å²) in [5, 5.41) is 3.47. The van der Waals surface area contributed by atoms with Gasteiger partial charge in [0.1, 0.15) is 5.75 Å². The summed E-state index contributed by atoms with van der Waals surface area (Å²) in [7, 11) is 3.95. The highest BCUT2D eigenvalue weighted by Gasteiger charge is 2.29. The van der Waals surface area contributed by atoms with Gasteiger partial charge in [0.25, 0.3) is 0 Å². The molecule has 1 aliphatic heterocycles. The Labute approximate surface area is 139 Å². The molecular formula is C16H27ClN2OS. The van der Waals surface area contributed by atoms with Crippen molar-refractivity contribution in [2.45, 2.75) is 24.8 Å². The number of ether oxygens (including phenoxy) is 1. The van der Waals surface area contributed by atoms with Gasteiger partial charge in [-0.3, -0.25) is 0 Å². The monoisotopic (exact) mass is 330 g/mol. The number of nitrogens with zero attached hydrogens (tertiary/aromatic N) is 1. The molecule has 0 radical (unpaired) electrons. The zero-order chi connectivity index (χ0) is 14.6. The van der Waals surface area contributed by atoms with Gasteiger partial charge in [-0.25, -0.2) is 0 Å². The maximum Gasteiger partial charge on any atom is 0.132 e. The third-order valence-corrected chi connectivity index (χ3v) is 4.79. The minimum absolute atomic E-state index is 0. The normalized spacial score (nSPS) is 21.4. The van der Waals surface area contributed by atoms with E-state index < -0.39 is 0 Å². The van der Waals surface area contributed by atoms with Gasteiger partial charge in [0.05, 0.1) is 7.11 Å². The number of hydrogen-bond acceptors (Lipinski definition) is 4. The predicted molar refractivity (Wildman–Crippen MR) is 94.0 cm³/mol. The minimum Gasteiger partial charge on any atom is -0.496 e. The Kier molecular flexibility index (Phi) is 7.34. The van der Waals surface area contributed by atoms with Gasteiger partial charge in [-0.2, -0.15) is 0 Å². The van der Waals surface area contributed by atoms with Gasteiger partial charge in [0.15, 0.2) is 0 Å². The molecule has 1 fully saturated rings. The van der Waals surface area contributed by atoms with E-state index in [9.17, 15) is 0 Å². The largest absolute Gasteiger partial charge is 0.496 e. The summed E-state index contributed by atoms with van der Waals surface area (Å²) in [6.07, 6.45) is 3.35. The van der Waals surface area contributed by atoms with Crippen LogP contribution in [-0.2, 0) is 6.54 Å². The first-order valence-electron chi connectivity index (χ1n) is 7.16. The van der Waals surface area contributed by atoms with E-state index in [1.54, 1.807) is 18.9 Å². The zero-order valence-electron chi connectivity index (χ0n) is 13.4. The number of methoxy groups -OCH3 is 1. The van der Waals surface area contributed by atoms with Gasteiger partial charge in [-0.05, 0) is 49.4 Å². The van der Waals surface area contributed by atoms with Gasteiger partial charge >= 0.3 is 0 Å². The van der Waals surface area contributed by atoms with Crippen molar-refractivity contribution in [3.05, 3.63) is 23.8 Å². The predicted octanol–water partition coefficient (Wildman–Crippen LogP) is 3.27. The molecule has 5 heteroatoms. The Morgan fingerprint density at radius 1 is 1.43 bits per heavy atom. The first kappa shape index (κ1) is 18.6. The van der Waals surface area contributed by atoms with Crippen LogP contribution in [0, 0.1) is 5.41 Å². The van der Waals surface area contributed by atoms with Gasteiger partial charge < -0.3 is 15.0 Å². The van der Waals surface area contributed by atoms with Crippen LogP contribution in [0.5, 0.6) is 5.75 Å². The van der Waals surface area contributed by atoms with Crippen molar-refractivity contribution in [3.8, 4) is 5.75 Å². The topological polar surface area (TPSA) is 24.5 Å².